The highest BCUT2D eigenvalue weighted by molar-refractivity contribution is 5.92. The topological polar surface area (TPSA) is 75.6 Å². The van der Waals surface area contributed by atoms with Crippen molar-refractivity contribution in [2.45, 2.75) is 0 Å². The van der Waals surface area contributed by atoms with Crippen LogP contribution in [0.3, 0.4) is 0 Å². The van der Waals surface area contributed by atoms with Crippen molar-refractivity contribution in [3.05, 3.63) is 54.6 Å². The Morgan fingerprint density at radius 2 is 1.65 bits per heavy atom. The van der Waals surface area contributed by atoms with E-state index in [0.717, 1.165) is 0 Å². The van der Waals surface area contributed by atoms with Crippen LogP contribution in [-0.4, -0.2) is 57.9 Å². The number of carbonyl (C=O) groups is 2. The van der Waals surface area contributed by atoms with Crippen molar-refractivity contribution < 1.29 is 14.3 Å². The number of amides is 2. The van der Waals surface area contributed by atoms with Gasteiger partial charge >= 0.3 is 6.09 Å². The molecule has 118 valence electrons. The van der Waals surface area contributed by atoms with Crippen molar-refractivity contribution in [2.75, 3.05) is 26.2 Å². The van der Waals surface area contributed by atoms with Gasteiger partial charge in [0.15, 0.2) is 0 Å². The first kappa shape index (κ1) is 15.0. The third-order valence-electron chi connectivity index (χ3n) is 3.56. The molecule has 0 radical (unpaired) electrons. The van der Waals surface area contributed by atoms with E-state index in [0.29, 0.717) is 37.6 Å². The number of aromatic nitrogens is 2. The van der Waals surface area contributed by atoms with Gasteiger partial charge in [0.25, 0.3) is 5.91 Å². The lowest BCUT2D eigenvalue weighted by Crippen LogP contribution is -2.51. The van der Waals surface area contributed by atoms with Gasteiger partial charge in [0.2, 0.25) is 0 Å². The lowest BCUT2D eigenvalue weighted by molar-refractivity contribution is 0.0627. The van der Waals surface area contributed by atoms with Crippen LogP contribution in [-0.2, 0) is 0 Å². The Morgan fingerprint density at radius 3 is 2.30 bits per heavy atom. The Kier molecular flexibility index (Phi) is 4.46. The summed E-state index contributed by atoms with van der Waals surface area (Å²) in [6.07, 6.45) is 4.05. The molecule has 7 heteroatoms. The summed E-state index contributed by atoms with van der Waals surface area (Å²) in [4.78, 5) is 35.5. The highest BCUT2D eigenvalue weighted by Crippen LogP contribution is 2.12. The van der Waals surface area contributed by atoms with Gasteiger partial charge < -0.3 is 14.5 Å². The van der Waals surface area contributed by atoms with Crippen LogP contribution in [0.4, 0.5) is 4.79 Å². The standard InChI is InChI=1S/C16H16N4O3/c21-15(14-12-17-6-7-18-14)19-8-10-20(11-9-19)16(22)23-13-4-2-1-3-5-13/h1-7,12H,8-11H2. The van der Waals surface area contributed by atoms with Crippen LogP contribution >= 0.6 is 0 Å². The average Bonchev–Trinajstić information content (AvgIpc) is 2.63. The summed E-state index contributed by atoms with van der Waals surface area (Å²) in [5, 5.41) is 0. The van der Waals surface area contributed by atoms with Gasteiger partial charge in [0, 0.05) is 38.6 Å². The number of nitrogens with zero attached hydrogens (tertiary/aromatic N) is 4. The number of para-hydroxylation sites is 1. The molecule has 0 N–H and O–H groups in total. The van der Waals surface area contributed by atoms with Crippen LogP contribution in [0.25, 0.3) is 0 Å². The fourth-order valence-electron chi connectivity index (χ4n) is 2.32. The molecule has 1 aromatic heterocycles. The van der Waals surface area contributed by atoms with Gasteiger partial charge in [0.05, 0.1) is 6.20 Å². The van der Waals surface area contributed by atoms with E-state index in [1.165, 1.54) is 18.6 Å². The minimum atomic E-state index is -0.400. The number of hydrogen-bond donors (Lipinski definition) is 0. The van der Waals surface area contributed by atoms with E-state index in [4.69, 9.17) is 4.74 Å². The molecule has 0 atom stereocenters. The first-order valence-corrected chi connectivity index (χ1v) is 7.31. The second-order valence-corrected chi connectivity index (χ2v) is 5.05. The van der Waals surface area contributed by atoms with Crippen molar-refractivity contribution >= 4 is 12.0 Å². The highest BCUT2D eigenvalue weighted by Gasteiger charge is 2.26. The number of hydrogen-bond acceptors (Lipinski definition) is 5. The molecule has 1 fully saturated rings. The zero-order valence-electron chi connectivity index (χ0n) is 12.5. The van der Waals surface area contributed by atoms with E-state index in [1.54, 1.807) is 34.1 Å². The third kappa shape index (κ3) is 3.63. The monoisotopic (exact) mass is 312 g/mol. The molecular formula is C16H16N4O3. The fraction of sp³-hybridized carbons (Fsp3) is 0.250. The normalized spacial score (nSPS) is 14.4. The molecule has 1 saturated heterocycles. The summed E-state index contributed by atoms with van der Waals surface area (Å²) in [6.45, 7) is 1.74. The van der Waals surface area contributed by atoms with E-state index in [2.05, 4.69) is 9.97 Å². The molecular weight excluding hydrogens is 296 g/mol. The zero-order chi connectivity index (χ0) is 16.1. The van der Waals surface area contributed by atoms with Gasteiger partial charge in [0.1, 0.15) is 11.4 Å². The minimum absolute atomic E-state index is 0.172. The summed E-state index contributed by atoms with van der Waals surface area (Å²) in [5.74, 6) is 0.338. The Hall–Kier alpha value is -2.96. The van der Waals surface area contributed by atoms with Crippen LogP contribution < -0.4 is 4.74 Å². The molecule has 2 aromatic rings. The maximum absolute atomic E-state index is 12.3. The number of benzene rings is 1. The van der Waals surface area contributed by atoms with Crippen LogP contribution in [0.15, 0.2) is 48.9 Å². The molecule has 23 heavy (non-hydrogen) atoms. The Labute approximate surface area is 133 Å². The van der Waals surface area contributed by atoms with E-state index < -0.39 is 6.09 Å². The van der Waals surface area contributed by atoms with Gasteiger partial charge in [-0.1, -0.05) is 18.2 Å². The summed E-state index contributed by atoms with van der Waals surface area (Å²) < 4.78 is 5.30. The molecule has 0 unspecified atom stereocenters. The lowest BCUT2D eigenvalue weighted by atomic mass is 10.3. The van der Waals surface area contributed by atoms with E-state index in [1.807, 2.05) is 6.07 Å². The van der Waals surface area contributed by atoms with Gasteiger partial charge in [-0.3, -0.25) is 9.78 Å². The molecule has 2 heterocycles. The van der Waals surface area contributed by atoms with Crippen LogP contribution in [0.1, 0.15) is 10.5 Å². The molecule has 0 bridgehead atoms. The first-order chi connectivity index (χ1) is 11.2. The van der Waals surface area contributed by atoms with Gasteiger partial charge in [-0.25, -0.2) is 9.78 Å². The van der Waals surface area contributed by atoms with Crippen molar-refractivity contribution in [1.29, 1.82) is 0 Å². The number of carbonyl (C=O) groups excluding carboxylic acids is 2. The van der Waals surface area contributed by atoms with Crippen molar-refractivity contribution in [2.24, 2.45) is 0 Å². The fourth-order valence-corrected chi connectivity index (χ4v) is 2.32. The maximum atomic E-state index is 12.3. The van der Waals surface area contributed by atoms with Gasteiger partial charge in [-0.05, 0) is 12.1 Å². The molecule has 1 aliphatic rings. The predicted octanol–water partition coefficient (Wildman–Crippen LogP) is 1.43. The van der Waals surface area contributed by atoms with Crippen LogP contribution in [0, 0.1) is 0 Å². The van der Waals surface area contributed by atoms with Gasteiger partial charge in [-0.15, -0.1) is 0 Å². The Morgan fingerprint density at radius 1 is 0.957 bits per heavy atom. The summed E-state index contributed by atoms with van der Waals surface area (Å²) in [6, 6.07) is 8.92. The number of piperazine rings is 1. The van der Waals surface area contributed by atoms with Gasteiger partial charge in [-0.2, -0.15) is 0 Å². The van der Waals surface area contributed by atoms with E-state index >= 15 is 0 Å². The molecule has 0 spiro atoms. The third-order valence-corrected chi connectivity index (χ3v) is 3.56. The number of rotatable bonds is 2. The maximum Gasteiger partial charge on any atom is 0.415 e. The summed E-state index contributed by atoms with van der Waals surface area (Å²) >= 11 is 0. The second kappa shape index (κ2) is 6.87. The first-order valence-electron chi connectivity index (χ1n) is 7.31. The van der Waals surface area contributed by atoms with Crippen LogP contribution in [0.5, 0.6) is 5.75 Å². The molecule has 1 aliphatic heterocycles. The highest BCUT2D eigenvalue weighted by atomic mass is 16.6. The lowest BCUT2D eigenvalue weighted by Gasteiger charge is -2.33. The molecule has 3 rings (SSSR count). The predicted molar refractivity (Wildman–Crippen MR) is 82.0 cm³/mol. The number of ether oxygens (including phenoxy) is 1. The average molecular weight is 312 g/mol. The largest absolute Gasteiger partial charge is 0.415 e. The SMILES string of the molecule is O=C(Oc1ccccc1)N1CCN(C(=O)c2cnccn2)CC1. The molecule has 0 aliphatic carbocycles. The molecule has 0 saturated carbocycles. The molecule has 7 nitrogen and oxygen atoms in total. The van der Waals surface area contributed by atoms with Crippen molar-refractivity contribution in [1.82, 2.24) is 19.8 Å². The second-order valence-electron chi connectivity index (χ2n) is 5.05. The van der Waals surface area contributed by atoms with Crippen molar-refractivity contribution in [3.63, 3.8) is 0 Å². The smallest absolute Gasteiger partial charge is 0.410 e. The van der Waals surface area contributed by atoms with E-state index in [-0.39, 0.29) is 5.91 Å². The van der Waals surface area contributed by atoms with E-state index in [9.17, 15) is 9.59 Å². The molecule has 1 aromatic carbocycles. The minimum Gasteiger partial charge on any atom is -0.410 e. The molecule has 2 amide bonds. The quantitative estimate of drug-likeness (QED) is 0.838. The Bertz CT molecular complexity index is 670. The van der Waals surface area contributed by atoms with Crippen molar-refractivity contribution in [3.8, 4) is 5.75 Å². The Balaban J connectivity index is 1.54. The summed E-state index contributed by atoms with van der Waals surface area (Å²) in [7, 11) is 0. The zero-order valence-corrected chi connectivity index (χ0v) is 12.5. The van der Waals surface area contributed by atoms with Crippen LogP contribution in [0.2, 0.25) is 0 Å². The summed E-state index contributed by atoms with van der Waals surface area (Å²) in [5.41, 5.74) is 0.313.